The van der Waals surface area contributed by atoms with Crippen LogP contribution in [0.15, 0.2) is 18.2 Å². The summed E-state index contributed by atoms with van der Waals surface area (Å²) in [4.78, 5) is 36.5. The van der Waals surface area contributed by atoms with Crippen LogP contribution in [0.5, 0.6) is 0 Å². The number of hydrogen-bond donors (Lipinski definition) is 0. The Balaban J connectivity index is 2.17. The molecule has 2 amide bonds. The molecule has 1 aliphatic rings. The van der Waals surface area contributed by atoms with Gasteiger partial charge in [-0.25, -0.2) is 0 Å². The molecule has 0 saturated carbocycles. The van der Waals surface area contributed by atoms with Crippen LogP contribution in [0.25, 0.3) is 0 Å². The first-order chi connectivity index (χ1) is 9.20. The minimum atomic E-state index is -0.334. The molecule has 0 fully saturated rings. The Labute approximate surface area is 112 Å². The Morgan fingerprint density at radius 1 is 1.11 bits per heavy atom. The molecule has 0 N–H and O–H groups in total. The fourth-order valence-electron chi connectivity index (χ4n) is 2.36. The van der Waals surface area contributed by atoms with Gasteiger partial charge in [0.2, 0.25) is 0 Å². The van der Waals surface area contributed by atoms with Crippen molar-refractivity contribution in [1.29, 1.82) is 0 Å². The van der Waals surface area contributed by atoms with Crippen LogP contribution in [-0.2, 0) is 0 Å². The number of rotatable bonds is 6. The van der Waals surface area contributed by atoms with Crippen molar-refractivity contribution in [1.82, 2.24) is 4.90 Å². The minimum absolute atomic E-state index is 0.262. The maximum absolute atomic E-state index is 12.2. The smallest absolute Gasteiger partial charge is 0.262 e. The molecular formula is C15H17NO3. The predicted octanol–water partition coefficient (Wildman–Crippen LogP) is 2.68. The van der Waals surface area contributed by atoms with Crippen LogP contribution in [0.1, 0.15) is 63.7 Å². The molecule has 0 spiro atoms. The zero-order valence-corrected chi connectivity index (χ0v) is 11.0. The van der Waals surface area contributed by atoms with Gasteiger partial charge >= 0.3 is 0 Å². The SMILES string of the molecule is CCCCCCN1C(=O)c2cccc(C=O)c2C1=O. The van der Waals surface area contributed by atoms with Gasteiger partial charge in [-0.3, -0.25) is 19.3 Å². The number of amides is 2. The molecule has 0 unspecified atom stereocenters. The zero-order chi connectivity index (χ0) is 13.8. The fourth-order valence-corrected chi connectivity index (χ4v) is 2.36. The van der Waals surface area contributed by atoms with Crippen molar-refractivity contribution in [3.05, 3.63) is 34.9 Å². The van der Waals surface area contributed by atoms with Gasteiger partial charge in [0.1, 0.15) is 0 Å². The number of aldehydes is 1. The van der Waals surface area contributed by atoms with Crippen molar-refractivity contribution >= 4 is 18.1 Å². The van der Waals surface area contributed by atoms with Crippen LogP contribution in [0, 0.1) is 0 Å². The van der Waals surface area contributed by atoms with Gasteiger partial charge < -0.3 is 0 Å². The lowest BCUT2D eigenvalue weighted by atomic mass is 10.0. The molecule has 0 aromatic heterocycles. The summed E-state index contributed by atoms with van der Waals surface area (Å²) in [7, 11) is 0. The van der Waals surface area contributed by atoms with Gasteiger partial charge in [-0.05, 0) is 12.5 Å². The average Bonchev–Trinajstić information content (AvgIpc) is 2.68. The van der Waals surface area contributed by atoms with E-state index < -0.39 is 0 Å². The number of benzene rings is 1. The highest BCUT2D eigenvalue weighted by Crippen LogP contribution is 2.25. The monoisotopic (exact) mass is 259 g/mol. The highest BCUT2D eigenvalue weighted by Gasteiger charge is 2.36. The van der Waals surface area contributed by atoms with E-state index in [9.17, 15) is 14.4 Å². The Hall–Kier alpha value is -1.97. The first-order valence-corrected chi connectivity index (χ1v) is 6.65. The number of fused-ring (bicyclic) bond motifs is 1. The second-order valence-corrected chi connectivity index (χ2v) is 4.71. The van der Waals surface area contributed by atoms with E-state index in [0.29, 0.717) is 24.0 Å². The topological polar surface area (TPSA) is 54.5 Å². The van der Waals surface area contributed by atoms with Crippen LogP contribution in [0.3, 0.4) is 0 Å². The fraction of sp³-hybridized carbons (Fsp3) is 0.400. The largest absolute Gasteiger partial charge is 0.298 e. The third kappa shape index (κ3) is 2.43. The van der Waals surface area contributed by atoms with Gasteiger partial charge in [-0.2, -0.15) is 0 Å². The average molecular weight is 259 g/mol. The maximum atomic E-state index is 12.2. The first-order valence-electron chi connectivity index (χ1n) is 6.65. The van der Waals surface area contributed by atoms with Crippen LogP contribution >= 0.6 is 0 Å². The molecule has 1 aliphatic heterocycles. The second-order valence-electron chi connectivity index (χ2n) is 4.71. The summed E-state index contributed by atoms with van der Waals surface area (Å²) in [6, 6.07) is 4.81. The van der Waals surface area contributed by atoms with E-state index in [2.05, 4.69) is 6.92 Å². The Morgan fingerprint density at radius 2 is 1.89 bits per heavy atom. The van der Waals surface area contributed by atoms with Crippen LogP contribution in [0.2, 0.25) is 0 Å². The van der Waals surface area contributed by atoms with E-state index in [1.807, 2.05) is 0 Å². The lowest BCUT2D eigenvalue weighted by molar-refractivity contribution is 0.0650. The van der Waals surface area contributed by atoms with Crippen LogP contribution in [-0.4, -0.2) is 29.5 Å². The standard InChI is InChI=1S/C15H17NO3/c1-2-3-4-5-9-16-14(18)12-8-6-7-11(10-17)13(12)15(16)19/h6-8,10H,2-5,9H2,1H3. The van der Waals surface area contributed by atoms with Gasteiger partial charge in [0.15, 0.2) is 6.29 Å². The van der Waals surface area contributed by atoms with Crippen molar-refractivity contribution in [3.63, 3.8) is 0 Å². The molecule has 19 heavy (non-hydrogen) atoms. The number of nitrogens with zero attached hydrogens (tertiary/aromatic N) is 1. The summed E-state index contributed by atoms with van der Waals surface area (Å²) in [6.45, 7) is 2.54. The molecule has 2 rings (SSSR count). The number of hydrogen-bond acceptors (Lipinski definition) is 3. The third-order valence-electron chi connectivity index (χ3n) is 3.39. The van der Waals surface area contributed by atoms with Gasteiger partial charge in [0.05, 0.1) is 11.1 Å². The van der Waals surface area contributed by atoms with Crippen LogP contribution < -0.4 is 0 Å². The normalized spacial score (nSPS) is 13.8. The molecule has 1 aromatic carbocycles. The van der Waals surface area contributed by atoms with Gasteiger partial charge in [-0.1, -0.05) is 38.3 Å². The highest BCUT2D eigenvalue weighted by molar-refractivity contribution is 6.23. The van der Waals surface area contributed by atoms with E-state index in [1.165, 1.54) is 4.90 Å². The molecule has 0 atom stereocenters. The van der Waals surface area contributed by atoms with Crippen molar-refractivity contribution < 1.29 is 14.4 Å². The summed E-state index contributed by atoms with van der Waals surface area (Å²) in [5.41, 5.74) is 0.912. The Bertz CT molecular complexity index is 522. The molecule has 1 heterocycles. The summed E-state index contributed by atoms with van der Waals surface area (Å²) in [5, 5.41) is 0. The molecule has 4 heteroatoms. The Morgan fingerprint density at radius 3 is 2.58 bits per heavy atom. The van der Waals surface area contributed by atoms with Crippen LogP contribution in [0.4, 0.5) is 0 Å². The molecule has 4 nitrogen and oxygen atoms in total. The lowest BCUT2D eigenvalue weighted by Crippen LogP contribution is -2.30. The summed E-state index contributed by atoms with van der Waals surface area (Å²) in [5.74, 6) is -0.612. The van der Waals surface area contributed by atoms with E-state index in [0.717, 1.165) is 25.7 Å². The van der Waals surface area contributed by atoms with Crippen molar-refractivity contribution in [2.45, 2.75) is 32.6 Å². The second kappa shape index (κ2) is 5.78. The van der Waals surface area contributed by atoms with E-state index in [1.54, 1.807) is 18.2 Å². The molecule has 0 saturated heterocycles. The van der Waals surface area contributed by atoms with E-state index >= 15 is 0 Å². The van der Waals surface area contributed by atoms with E-state index in [4.69, 9.17) is 0 Å². The number of imide groups is 1. The molecule has 100 valence electrons. The van der Waals surface area contributed by atoms with Crippen molar-refractivity contribution in [2.75, 3.05) is 6.54 Å². The number of carbonyl (C=O) groups is 3. The Kier molecular flexibility index (Phi) is 4.10. The lowest BCUT2D eigenvalue weighted by Gasteiger charge is -2.13. The summed E-state index contributed by atoms with van der Waals surface area (Å²) < 4.78 is 0. The molecule has 0 aliphatic carbocycles. The predicted molar refractivity (Wildman–Crippen MR) is 71.3 cm³/mol. The van der Waals surface area contributed by atoms with Crippen molar-refractivity contribution in [3.8, 4) is 0 Å². The quantitative estimate of drug-likeness (QED) is 0.448. The van der Waals surface area contributed by atoms with Gasteiger partial charge in [0, 0.05) is 12.1 Å². The molecule has 1 aromatic rings. The van der Waals surface area contributed by atoms with Crippen molar-refractivity contribution in [2.24, 2.45) is 0 Å². The highest BCUT2D eigenvalue weighted by atomic mass is 16.2. The summed E-state index contributed by atoms with van der Waals surface area (Å²) >= 11 is 0. The first kappa shape index (κ1) is 13.5. The van der Waals surface area contributed by atoms with E-state index in [-0.39, 0.29) is 17.4 Å². The minimum Gasteiger partial charge on any atom is -0.298 e. The number of unbranched alkanes of at least 4 members (excludes halogenated alkanes) is 3. The molecule has 0 radical (unpaired) electrons. The third-order valence-corrected chi connectivity index (χ3v) is 3.39. The number of carbonyl (C=O) groups excluding carboxylic acids is 3. The van der Waals surface area contributed by atoms with Gasteiger partial charge in [0.25, 0.3) is 11.8 Å². The molecule has 0 bridgehead atoms. The maximum Gasteiger partial charge on any atom is 0.262 e. The van der Waals surface area contributed by atoms with Gasteiger partial charge in [-0.15, -0.1) is 0 Å². The summed E-state index contributed by atoms with van der Waals surface area (Å²) in [6.07, 6.45) is 4.66. The zero-order valence-electron chi connectivity index (χ0n) is 11.0. The molecular weight excluding hydrogens is 242 g/mol.